The third kappa shape index (κ3) is 6.06. The van der Waals surface area contributed by atoms with Crippen molar-refractivity contribution in [2.75, 3.05) is 44.3 Å². The van der Waals surface area contributed by atoms with Crippen molar-refractivity contribution in [2.24, 2.45) is 0 Å². The fourth-order valence-corrected chi connectivity index (χ4v) is 4.07. The Labute approximate surface area is 202 Å². The molecule has 0 bridgehead atoms. The van der Waals surface area contributed by atoms with Crippen molar-refractivity contribution in [1.82, 2.24) is 25.1 Å². The molecule has 1 aliphatic rings. The Bertz CT molecular complexity index is 1240. The van der Waals surface area contributed by atoms with Crippen LogP contribution in [0.4, 0.5) is 19.1 Å². The minimum Gasteiger partial charge on any atom is -0.381 e. The highest BCUT2D eigenvalue weighted by Crippen LogP contribution is 2.28. The Morgan fingerprint density at radius 3 is 2.46 bits per heavy atom. The standard InChI is InChI=1S/C22H22ClF3N6O3/c23-16-9-14(18-13-29-30-20(34)17(18)10-16)1-7-35-8-2-19(33)31-3-5-32(6-4-31)21-27-11-15(12-28-21)22(24,25)26/h9-13H,1-8H2,(H,30,34). The van der Waals surface area contributed by atoms with Gasteiger partial charge in [-0.3, -0.25) is 9.59 Å². The maximum atomic E-state index is 12.7. The zero-order valence-corrected chi connectivity index (χ0v) is 19.3. The predicted octanol–water partition coefficient (Wildman–Crippen LogP) is 2.68. The van der Waals surface area contributed by atoms with Gasteiger partial charge in [0.25, 0.3) is 5.56 Å². The van der Waals surface area contributed by atoms with Crippen molar-refractivity contribution in [1.29, 1.82) is 0 Å². The number of H-pyrrole nitrogens is 1. The number of nitrogens with one attached hydrogen (secondary N) is 1. The highest BCUT2D eigenvalue weighted by molar-refractivity contribution is 6.31. The first-order valence-electron chi connectivity index (χ1n) is 10.9. The van der Waals surface area contributed by atoms with Gasteiger partial charge >= 0.3 is 6.18 Å². The number of fused-ring (bicyclic) bond motifs is 1. The predicted molar refractivity (Wildman–Crippen MR) is 122 cm³/mol. The van der Waals surface area contributed by atoms with E-state index in [1.807, 2.05) is 0 Å². The van der Waals surface area contributed by atoms with Crippen LogP contribution in [0.15, 0.2) is 35.5 Å². The van der Waals surface area contributed by atoms with E-state index < -0.39 is 11.7 Å². The first kappa shape index (κ1) is 24.9. The molecule has 1 amide bonds. The summed E-state index contributed by atoms with van der Waals surface area (Å²) in [5.41, 5.74) is -0.384. The van der Waals surface area contributed by atoms with Crippen LogP contribution in [0.1, 0.15) is 17.5 Å². The quantitative estimate of drug-likeness (QED) is 0.487. The number of rotatable bonds is 7. The third-order valence-corrected chi connectivity index (χ3v) is 5.91. The molecule has 0 spiro atoms. The van der Waals surface area contributed by atoms with E-state index in [1.54, 1.807) is 28.1 Å². The molecule has 1 fully saturated rings. The Morgan fingerprint density at radius 1 is 1.06 bits per heavy atom. The fraction of sp³-hybridized carbons (Fsp3) is 0.409. The molecule has 3 heterocycles. The molecule has 35 heavy (non-hydrogen) atoms. The number of nitrogens with zero attached hydrogens (tertiary/aromatic N) is 5. The number of aromatic amines is 1. The molecule has 1 N–H and O–H groups in total. The summed E-state index contributed by atoms with van der Waals surface area (Å²) in [6.45, 7) is 2.26. The van der Waals surface area contributed by atoms with Crippen LogP contribution in [-0.2, 0) is 22.1 Å². The van der Waals surface area contributed by atoms with Gasteiger partial charge in [-0.05, 0) is 24.1 Å². The Balaban J connectivity index is 1.20. The highest BCUT2D eigenvalue weighted by atomic mass is 35.5. The number of halogens is 4. The summed E-state index contributed by atoms with van der Waals surface area (Å²) in [5.74, 6) is 0.140. The number of hydrogen-bond acceptors (Lipinski definition) is 7. The Hall–Kier alpha value is -3.25. The molecule has 186 valence electrons. The molecule has 0 aliphatic carbocycles. The zero-order valence-electron chi connectivity index (χ0n) is 18.5. The molecule has 9 nitrogen and oxygen atoms in total. The van der Waals surface area contributed by atoms with Crippen LogP contribution in [0.3, 0.4) is 0 Å². The lowest BCUT2D eigenvalue weighted by molar-refractivity contribution is -0.138. The van der Waals surface area contributed by atoms with Crippen LogP contribution in [0.25, 0.3) is 10.8 Å². The lowest BCUT2D eigenvalue weighted by Crippen LogP contribution is -2.49. The van der Waals surface area contributed by atoms with Gasteiger partial charge in [-0.25, -0.2) is 15.1 Å². The molecule has 13 heteroatoms. The second kappa shape index (κ2) is 10.6. The van der Waals surface area contributed by atoms with E-state index in [9.17, 15) is 22.8 Å². The molecule has 4 rings (SSSR count). The lowest BCUT2D eigenvalue weighted by atomic mass is 10.1. The average Bonchev–Trinajstić information content (AvgIpc) is 2.84. The smallest absolute Gasteiger partial charge is 0.381 e. The van der Waals surface area contributed by atoms with E-state index in [1.165, 1.54) is 0 Å². The van der Waals surface area contributed by atoms with Crippen LogP contribution in [0, 0.1) is 0 Å². The van der Waals surface area contributed by atoms with E-state index >= 15 is 0 Å². The van der Waals surface area contributed by atoms with Crippen molar-refractivity contribution in [3.8, 4) is 0 Å². The number of alkyl halides is 3. The summed E-state index contributed by atoms with van der Waals surface area (Å²) in [6.07, 6.45) is -0.683. The molecule has 1 aliphatic heterocycles. The number of carbonyl (C=O) groups excluding carboxylic acids is 1. The van der Waals surface area contributed by atoms with Crippen molar-refractivity contribution in [2.45, 2.75) is 19.0 Å². The third-order valence-electron chi connectivity index (χ3n) is 5.69. The maximum Gasteiger partial charge on any atom is 0.419 e. The fourth-order valence-electron chi connectivity index (χ4n) is 3.83. The molecule has 3 aromatic rings. The molecule has 0 radical (unpaired) electrons. The van der Waals surface area contributed by atoms with Crippen molar-refractivity contribution in [3.05, 3.63) is 57.2 Å². The van der Waals surface area contributed by atoms with Crippen molar-refractivity contribution < 1.29 is 22.7 Å². The van der Waals surface area contributed by atoms with Crippen LogP contribution in [0.2, 0.25) is 5.02 Å². The molecular weight excluding hydrogens is 489 g/mol. The van der Waals surface area contributed by atoms with E-state index in [-0.39, 0.29) is 30.4 Å². The van der Waals surface area contributed by atoms with Gasteiger partial charge in [0.1, 0.15) is 0 Å². The van der Waals surface area contributed by atoms with Crippen LogP contribution < -0.4 is 10.5 Å². The van der Waals surface area contributed by atoms with Gasteiger partial charge in [0.05, 0.1) is 36.8 Å². The van der Waals surface area contributed by atoms with Gasteiger partial charge in [-0.1, -0.05) is 11.6 Å². The first-order chi connectivity index (χ1) is 16.7. The molecule has 1 aromatic carbocycles. The molecular formula is C22H22ClF3N6O3. The van der Waals surface area contributed by atoms with Gasteiger partial charge in [0.15, 0.2) is 0 Å². The summed E-state index contributed by atoms with van der Waals surface area (Å²) in [7, 11) is 0. The number of hydrogen-bond donors (Lipinski definition) is 1. The number of aromatic nitrogens is 4. The maximum absolute atomic E-state index is 12.7. The average molecular weight is 511 g/mol. The van der Waals surface area contributed by atoms with Gasteiger partial charge < -0.3 is 14.5 Å². The van der Waals surface area contributed by atoms with Crippen molar-refractivity contribution >= 4 is 34.2 Å². The molecule has 1 saturated heterocycles. The van der Waals surface area contributed by atoms with E-state index in [0.717, 1.165) is 18.0 Å². The number of amides is 1. The van der Waals surface area contributed by atoms with Crippen LogP contribution >= 0.6 is 11.6 Å². The summed E-state index contributed by atoms with van der Waals surface area (Å²) >= 11 is 6.12. The monoisotopic (exact) mass is 510 g/mol. The summed E-state index contributed by atoms with van der Waals surface area (Å²) in [6, 6.07) is 3.35. The Kier molecular flexibility index (Phi) is 7.51. The summed E-state index contributed by atoms with van der Waals surface area (Å²) in [5, 5.41) is 7.82. The summed E-state index contributed by atoms with van der Waals surface area (Å²) < 4.78 is 43.6. The minimum absolute atomic E-state index is 0.0677. The van der Waals surface area contributed by atoms with Gasteiger partial charge in [-0.15, -0.1) is 0 Å². The zero-order chi connectivity index (χ0) is 25.0. The molecule has 0 unspecified atom stereocenters. The molecule has 0 saturated carbocycles. The molecule has 0 atom stereocenters. The number of piperazine rings is 1. The normalized spacial score (nSPS) is 14.5. The number of anilines is 1. The van der Waals surface area contributed by atoms with E-state index in [0.29, 0.717) is 55.0 Å². The number of carbonyl (C=O) groups is 1. The number of ether oxygens (including phenoxy) is 1. The first-order valence-corrected chi connectivity index (χ1v) is 11.3. The molecule has 2 aromatic heterocycles. The van der Waals surface area contributed by atoms with Gasteiger partial charge in [0, 0.05) is 49.0 Å². The topological polar surface area (TPSA) is 104 Å². The largest absolute Gasteiger partial charge is 0.419 e. The van der Waals surface area contributed by atoms with Crippen LogP contribution in [0.5, 0.6) is 0 Å². The van der Waals surface area contributed by atoms with Crippen LogP contribution in [-0.4, -0.2) is 70.4 Å². The number of benzene rings is 1. The second-order valence-electron chi connectivity index (χ2n) is 7.97. The van der Waals surface area contributed by atoms with Gasteiger partial charge in [0.2, 0.25) is 11.9 Å². The highest BCUT2D eigenvalue weighted by Gasteiger charge is 2.32. The minimum atomic E-state index is -4.48. The SMILES string of the molecule is O=C(CCOCCc1cc(Cl)cc2c(=O)[nH]ncc12)N1CCN(c2ncc(C(F)(F)F)cn2)CC1. The van der Waals surface area contributed by atoms with Crippen molar-refractivity contribution in [3.63, 3.8) is 0 Å². The lowest BCUT2D eigenvalue weighted by Gasteiger charge is -2.34. The summed E-state index contributed by atoms with van der Waals surface area (Å²) in [4.78, 5) is 35.5. The van der Waals surface area contributed by atoms with Gasteiger partial charge in [-0.2, -0.15) is 18.3 Å². The van der Waals surface area contributed by atoms with E-state index in [4.69, 9.17) is 16.3 Å². The Morgan fingerprint density at radius 2 is 1.77 bits per heavy atom. The second-order valence-corrected chi connectivity index (χ2v) is 8.41. The van der Waals surface area contributed by atoms with E-state index in [2.05, 4.69) is 20.2 Å².